The molecule has 1 aromatic carbocycles. The number of non-ortho nitro benzene ring substituents is 1. The van der Waals surface area contributed by atoms with Crippen molar-refractivity contribution in [3.63, 3.8) is 0 Å². The molecule has 25 heavy (non-hydrogen) atoms. The van der Waals surface area contributed by atoms with Gasteiger partial charge in [-0.25, -0.2) is 4.79 Å². The zero-order chi connectivity index (χ0) is 17.8. The van der Waals surface area contributed by atoms with Crippen molar-refractivity contribution < 1.29 is 19.2 Å². The molecule has 0 fully saturated rings. The van der Waals surface area contributed by atoms with Gasteiger partial charge in [0.25, 0.3) is 11.6 Å². The average molecular weight is 363 g/mol. The number of rotatable bonds is 7. The second-order valence-electron chi connectivity index (χ2n) is 5.05. The Bertz CT molecular complexity index is 918. The van der Waals surface area contributed by atoms with E-state index in [9.17, 15) is 20.0 Å². The fourth-order valence-electron chi connectivity index (χ4n) is 2.05. The summed E-state index contributed by atoms with van der Waals surface area (Å²) in [4.78, 5) is 22.7. The van der Waals surface area contributed by atoms with Crippen LogP contribution in [-0.2, 0) is 6.54 Å². The number of aliphatic hydroxyl groups excluding tert-OH is 1. The molecule has 1 unspecified atom stereocenters. The minimum Gasteiger partial charge on any atom is -0.491 e. The molecule has 0 saturated heterocycles. The fourth-order valence-corrected chi connectivity index (χ4v) is 2.70. The molecule has 0 bridgehead atoms. The summed E-state index contributed by atoms with van der Waals surface area (Å²) < 4.78 is 11.4. The lowest BCUT2D eigenvalue weighted by Gasteiger charge is -2.11. The highest BCUT2D eigenvalue weighted by Gasteiger charge is 2.15. The van der Waals surface area contributed by atoms with Crippen LogP contribution in [0.15, 0.2) is 51.0 Å². The molecule has 10 heteroatoms. The predicted molar refractivity (Wildman–Crippen MR) is 88.7 cm³/mol. The number of benzene rings is 1. The third kappa shape index (κ3) is 4.11. The molecule has 3 rings (SSSR count). The Kier molecular flexibility index (Phi) is 4.91. The molecule has 1 N–H and O–H groups in total. The molecule has 0 aliphatic rings. The summed E-state index contributed by atoms with van der Waals surface area (Å²) in [5.74, 6) is -0.246. The van der Waals surface area contributed by atoms with Crippen molar-refractivity contribution in [1.82, 2.24) is 9.78 Å². The zero-order valence-electron chi connectivity index (χ0n) is 12.8. The highest BCUT2D eigenvalue weighted by molar-refractivity contribution is 7.13. The molecule has 0 amide bonds. The number of ether oxygens (including phenoxy) is 1. The van der Waals surface area contributed by atoms with Crippen molar-refractivity contribution in [1.29, 1.82) is 0 Å². The van der Waals surface area contributed by atoms with Gasteiger partial charge in [-0.1, -0.05) is 12.1 Å². The topological polar surface area (TPSA) is 121 Å². The molecule has 0 aliphatic heterocycles. The average Bonchev–Trinajstić information content (AvgIpc) is 3.24. The van der Waals surface area contributed by atoms with Gasteiger partial charge in [0.2, 0.25) is 0 Å². The number of nitro benzene ring substituents is 1. The van der Waals surface area contributed by atoms with E-state index in [4.69, 9.17) is 9.15 Å². The Morgan fingerprint density at radius 3 is 2.96 bits per heavy atom. The minimum atomic E-state index is -1.04. The summed E-state index contributed by atoms with van der Waals surface area (Å²) in [5.41, 5.74) is -0.111. The molecule has 3 aromatic rings. The molecule has 0 saturated carbocycles. The van der Waals surface area contributed by atoms with Crippen LogP contribution in [0.1, 0.15) is 0 Å². The van der Waals surface area contributed by atoms with E-state index >= 15 is 0 Å². The molecule has 2 heterocycles. The van der Waals surface area contributed by atoms with Crippen LogP contribution in [0.3, 0.4) is 0 Å². The van der Waals surface area contributed by atoms with Crippen LogP contribution in [-0.4, -0.2) is 32.5 Å². The normalized spacial score (nSPS) is 12.0. The summed E-state index contributed by atoms with van der Waals surface area (Å²) in [6.07, 6.45) is -1.04. The van der Waals surface area contributed by atoms with Crippen molar-refractivity contribution >= 4 is 17.0 Å². The van der Waals surface area contributed by atoms with Crippen LogP contribution in [0.25, 0.3) is 10.8 Å². The second kappa shape index (κ2) is 7.28. The Balaban J connectivity index is 1.61. The van der Waals surface area contributed by atoms with Gasteiger partial charge < -0.3 is 14.3 Å². The molecular weight excluding hydrogens is 350 g/mol. The predicted octanol–water partition coefficient (Wildman–Crippen LogP) is 1.91. The molecule has 0 spiro atoms. The first-order valence-electron chi connectivity index (χ1n) is 7.20. The van der Waals surface area contributed by atoms with Crippen LogP contribution >= 0.6 is 11.3 Å². The van der Waals surface area contributed by atoms with Gasteiger partial charge in [0.15, 0.2) is 0 Å². The van der Waals surface area contributed by atoms with Crippen molar-refractivity contribution in [2.75, 3.05) is 6.61 Å². The molecule has 2 aromatic heterocycles. The highest BCUT2D eigenvalue weighted by Crippen LogP contribution is 2.21. The van der Waals surface area contributed by atoms with Crippen molar-refractivity contribution in [3.8, 4) is 16.5 Å². The maximum atomic E-state index is 11.8. The summed E-state index contributed by atoms with van der Waals surface area (Å²) in [7, 11) is 0. The van der Waals surface area contributed by atoms with E-state index in [0.717, 1.165) is 4.68 Å². The van der Waals surface area contributed by atoms with Gasteiger partial charge in [0.05, 0.1) is 22.4 Å². The highest BCUT2D eigenvalue weighted by atomic mass is 32.1. The summed E-state index contributed by atoms with van der Waals surface area (Å²) in [5, 5.41) is 26.6. The standard InChI is InChI=1S/C15H13N3O6S/c19-11(9-23-12-4-1-3-10(7-12)18(21)22)8-17-15(20)24-14(16-17)13-5-2-6-25-13/h1-7,11,19H,8-9H2. The van der Waals surface area contributed by atoms with E-state index in [1.165, 1.54) is 35.6 Å². The van der Waals surface area contributed by atoms with Crippen molar-refractivity contribution in [2.45, 2.75) is 12.6 Å². The maximum absolute atomic E-state index is 11.8. The number of aliphatic hydroxyl groups is 1. The van der Waals surface area contributed by atoms with E-state index in [0.29, 0.717) is 4.88 Å². The molecule has 9 nitrogen and oxygen atoms in total. The van der Waals surface area contributed by atoms with Gasteiger partial charge in [0, 0.05) is 6.07 Å². The Morgan fingerprint density at radius 2 is 2.24 bits per heavy atom. The lowest BCUT2D eigenvalue weighted by molar-refractivity contribution is -0.384. The van der Waals surface area contributed by atoms with Gasteiger partial charge >= 0.3 is 5.76 Å². The van der Waals surface area contributed by atoms with Crippen LogP contribution in [0.2, 0.25) is 0 Å². The van der Waals surface area contributed by atoms with Gasteiger partial charge in [-0.2, -0.15) is 4.68 Å². The Labute approximate surface area is 144 Å². The minimum absolute atomic E-state index is 0.111. The van der Waals surface area contributed by atoms with Gasteiger partial charge in [-0.15, -0.1) is 16.4 Å². The fraction of sp³-hybridized carbons (Fsp3) is 0.200. The number of nitro groups is 1. The van der Waals surface area contributed by atoms with E-state index < -0.39 is 16.8 Å². The van der Waals surface area contributed by atoms with Crippen LogP contribution in [0.4, 0.5) is 5.69 Å². The van der Waals surface area contributed by atoms with E-state index in [1.54, 1.807) is 12.1 Å². The van der Waals surface area contributed by atoms with Gasteiger partial charge in [0.1, 0.15) is 18.5 Å². The largest absolute Gasteiger partial charge is 0.491 e. The maximum Gasteiger partial charge on any atom is 0.437 e. The molecular formula is C15H13N3O6S. The van der Waals surface area contributed by atoms with E-state index in [2.05, 4.69) is 5.10 Å². The molecule has 130 valence electrons. The smallest absolute Gasteiger partial charge is 0.437 e. The SMILES string of the molecule is O=c1oc(-c2cccs2)nn1CC(O)COc1cccc([N+](=O)[O-])c1. The van der Waals surface area contributed by atoms with E-state index in [1.807, 2.05) is 5.38 Å². The lowest BCUT2D eigenvalue weighted by Crippen LogP contribution is -2.29. The number of aromatic nitrogens is 2. The van der Waals surface area contributed by atoms with Crippen molar-refractivity contribution in [2.24, 2.45) is 0 Å². The second-order valence-corrected chi connectivity index (χ2v) is 6.00. The van der Waals surface area contributed by atoms with Gasteiger partial charge in [-0.3, -0.25) is 10.1 Å². The van der Waals surface area contributed by atoms with E-state index in [-0.39, 0.29) is 30.5 Å². The van der Waals surface area contributed by atoms with Crippen LogP contribution in [0.5, 0.6) is 5.75 Å². The summed E-state index contributed by atoms with van der Waals surface area (Å²) in [6.45, 7) is -0.280. The summed E-state index contributed by atoms with van der Waals surface area (Å²) >= 11 is 1.38. The molecule has 0 aliphatic carbocycles. The first kappa shape index (κ1) is 16.9. The Morgan fingerprint density at radius 1 is 1.40 bits per heavy atom. The number of thiophene rings is 1. The van der Waals surface area contributed by atoms with Crippen LogP contribution in [0, 0.1) is 10.1 Å². The van der Waals surface area contributed by atoms with Gasteiger partial charge in [-0.05, 0) is 17.5 Å². The third-order valence-corrected chi connectivity index (χ3v) is 4.05. The van der Waals surface area contributed by atoms with Crippen molar-refractivity contribution in [3.05, 3.63) is 62.4 Å². The quantitative estimate of drug-likeness (QED) is 0.503. The Hall–Kier alpha value is -2.98. The third-order valence-electron chi connectivity index (χ3n) is 3.19. The lowest BCUT2D eigenvalue weighted by atomic mass is 10.3. The first-order chi connectivity index (χ1) is 12.0. The van der Waals surface area contributed by atoms with Crippen LogP contribution < -0.4 is 10.5 Å². The molecule has 0 radical (unpaired) electrons. The zero-order valence-corrected chi connectivity index (χ0v) is 13.6. The summed E-state index contributed by atoms with van der Waals surface area (Å²) in [6, 6.07) is 9.18. The number of hydrogen-bond donors (Lipinski definition) is 1. The first-order valence-corrected chi connectivity index (χ1v) is 8.08. The number of hydrogen-bond acceptors (Lipinski definition) is 8. The monoisotopic (exact) mass is 363 g/mol. The number of nitrogens with zero attached hydrogens (tertiary/aromatic N) is 3. The molecule has 1 atom stereocenters.